The summed E-state index contributed by atoms with van der Waals surface area (Å²) in [5, 5.41) is 9.19. The second kappa shape index (κ2) is 6.73. The van der Waals surface area contributed by atoms with Gasteiger partial charge in [-0.1, -0.05) is 24.3 Å². The molecular formula is C18H17F3O3. The molecule has 1 aliphatic rings. The van der Waals surface area contributed by atoms with Crippen LogP contribution in [0.1, 0.15) is 18.4 Å². The maximum absolute atomic E-state index is 12.7. The third-order valence-electron chi connectivity index (χ3n) is 3.78. The van der Waals surface area contributed by atoms with Crippen LogP contribution in [0.4, 0.5) is 13.2 Å². The Bertz CT molecular complexity index is 709. The molecule has 0 atom stereocenters. The Kier molecular flexibility index (Phi) is 4.66. The molecule has 1 N–H and O–H groups in total. The molecule has 3 rings (SSSR count). The maximum Gasteiger partial charge on any atom is 0.573 e. The molecule has 1 saturated carbocycles. The molecule has 0 saturated heterocycles. The average Bonchev–Trinajstić information content (AvgIpc) is 3.36. The van der Waals surface area contributed by atoms with Crippen LogP contribution >= 0.6 is 0 Å². The van der Waals surface area contributed by atoms with E-state index in [1.807, 2.05) is 0 Å². The Morgan fingerprint density at radius 3 is 2.42 bits per heavy atom. The summed E-state index contributed by atoms with van der Waals surface area (Å²) in [5.74, 6) is 0.154. The fourth-order valence-electron chi connectivity index (χ4n) is 2.35. The van der Waals surface area contributed by atoms with Gasteiger partial charge in [0.15, 0.2) is 11.5 Å². The monoisotopic (exact) mass is 338 g/mol. The lowest BCUT2D eigenvalue weighted by molar-refractivity contribution is -0.275. The zero-order chi connectivity index (χ0) is 17.2. The van der Waals surface area contributed by atoms with E-state index in [-0.39, 0.29) is 18.1 Å². The van der Waals surface area contributed by atoms with Crippen molar-refractivity contribution in [1.29, 1.82) is 0 Å². The Balaban J connectivity index is 1.90. The summed E-state index contributed by atoms with van der Waals surface area (Å²) in [7, 11) is 0. The van der Waals surface area contributed by atoms with Gasteiger partial charge < -0.3 is 14.6 Å². The molecule has 0 radical (unpaired) electrons. The highest BCUT2D eigenvalue weighted by Gasteiger charge is 2.33. The molecule has 0 aromatic heterocycles. The van der Waals surface area contributed by atoms with E-state index < -0.39 is 6.36 Å². The summed E-state index contributed by atoms with van der Waals surface area (Å²) < 4.78 is 47.6. The molecule has 1 aliphatic carbocycles. The lowest BCUT2D eigenvalue weighted by Crippen LogP contribution is -2.18. The highest BCUT2D eigenvalue weighted by atomic mass is 19.4. The molecule has 0 unspecified atom stereocenters. The first-order valence-corrected chi connectivity index (χ1v) is 7.67. The van der Waals surface area contributed by atoms with Gasteiger partial charge in [0, 0.05) is 0 Å². The Labute approximate surface area is 137 Å². The first-order valence-electron chi connectivity index (χ1n) is 7.67. The van der Waals surface area contributed by atoms with Crippen molar-refractivity contribution in [2.45, 2.75) is 25.8 Å². The maximum atomic E-state index is 12.7. The molecule has 128 valence electrons. The normalized spacial score (nSPS) is 14.5. The van der Waals surface area contributed by atoms with Crippen molar-refractivity contribution in [3.8, 4) is 22.6 Å². The summed E-state index contributed by atoms with van der Waals surface area (Å²) in [6.45, 7) is 0.260. The van der Waals surface area contributed by atoms with E-state index in [2.05, 4.69) is 4.74 Å². The van der Waals surface area contributed by atoms with Crippen LogP contribution in [-0.2, 0) is 6.61 Å². The number of hydrogen-bond acceptors (Lipinski definition) is 3. The van der Waals surface area contributed by atoms with Gasteiger partial charge in [-0.05, 0) is 53.6 Å². The molecule has 3 nitrogen and oxygen atoms in total. The van der Waals surface area contributed by atoms with Gasteiger partial charge in [0.1, 0.15) is 0 Å². The molecular weight excluding hydrogens is 321 g/mol. The number of benzene rings is 2. The van der Waals surface area contributed by atoms with E-state index in [4.69, 9.17) is 4.74 Å². The lowest BCUT2D eigenvalue weighted by atomic mass is 10.0. The molecule has 2 aromatic carbocycles. The number of aliphatic hydroxyl groups is 1. The predicted molar refractivity (Wildman–Crippen MR) is 82.7 cm³/mol. The molecule has 1 fully saturated rings. The first-order chi connectivity index (χ1) is 11.4. The predicted octanol–water partition coefficient (Wildman–Crippen LogP) is 4.53. The molecule has 0 amide bonds. The van der Waals surface area contributed by atoms with Gasteiger partial charge >= 0.3 is 6.36 Å². The van der Waals surface area contributed by atoms with E-state index in [0.29, 0.717) is 29.2 Å². The van der Waals surface area contributed by atoms with Crippen LogP contribution in [0.3, 0.4) is 0 Å². The minimum atomic E-state index is -4.79. The second-order valence-corrected chi connectivity index (χ2v) is 5.82. The van der Waals surface area contributed by atoms with Crippen molar-refractivity contribution < 1.29 is 27.8 Å². The van der Waals surface area contributed by atoms with Gasteiger partial charge in [0.2, 0.25) is 0 Å². The Hall–Kier alpha value is -2.21. The van der Waals surface area contributed by atoms with Crippen molar-refractivity contribution in [2.24, 2.45) is 5.92 Å². The molecule has 6 heteroatoms. The third kappa shape index (κ3) is 4.41. The number of halogens is 3. The minimum Gasteiger partial charge on any atom is -0.489 e. The van der Waals surface area contributed by atoms with Crippen LogP contribution in [-0.4, -0.2) is 18.1 Å². The second-order valence-electron chi connectivity index (χ2n) is 5.82. The largest absolute Gasteiger partial charge is 0.573 e. The topological polar surface area (TPSA) is 38.7 Å². The van der Waals surface area contributed by atoms with Crippen molar-refractivity contribution in [1.82, 2.24) is 0 Å². The van der Waals surface area contributed by atoms with Crippen molar-refractivity contribution in [2.75, 3.05) is 6.61 Å². The molecule has 0 spiro atoms. The SMILES string of the molecule is OCc1cccc(-c2ccc(OCC3CC3)c(OC(F)(F)F)c2)c1. The summed E-state index contributed by atoms with van der Waals surface area (Å²) >= 11 is 0. The highest BCUT2D eigenvalue weighted by Crippen LogP contribution is 2.38. The number of ether oxygens (including phenoxy) is 2. The molecule has 2 aromatic rings. The van der Waals surface area contributed by atoms with Crippen LogP contribution in [0.25, 0.3) is 11.1 Å². The third-order valence-corrected chi connectivity index (χ3v) is 3.78. The standard InChI is InChI=1S/C18H17F3O3/c19-18(20,21)24-17-9-15(14-3-1-2-13(8-14)10-22)6-7-16(17)23-11-12-4-5-12/h1-3,6-9,12,22H,4-5,10-11H2. The lowest BCUT2D eigenvalue weighted by Gasteiger charge is -2.15. The van der Waals surface area contributed by atoms with Crippen molar-refractivity contribution in [3.05, 3.63) is 48.0 Å². The van der Waals surface area contributed by atoms with Gasteiger partial charge in [-0.2, -0.15) is 0 Å². The summed E-state index contributed by atoms with van der Waals surface area (Å²) in [5.41, 5.74) is 1.94. The zero-order valence-electron chi connectivity index (χ0n) is 12.8. The minimum absolute atomic E-state index is 0.0845. The average molecular weight is 338 g/mol. The van der Waals surface area contributed by atoms with E-state index >= 15 is 0 Å². The van der Waals surface area contributed by atoms with Crippen LogP contribution in [0.5, 0.6) is 11.5 Å². The Morgan fingerprint density at radius 1 is 1.00 bits per heavy atom. The number of hydrogen-bond donors (Lipinski definition) is 1. The zero-order valence-corrected chi connectivity index (χ0v) is 12.8. The number of rotatable bonds is 6. The molecule has 24 heavy (non-hydrogen) atoms. The summed E-state index contributed by atoms with van der Waals surface area (Å²) in [6.07, 6.45) is -2.70. The first kappa shape index (κ1) is 16.6. The Morgan fingerprint density at radius 2 is 1.75 bits per heavy atom. The quantitative estimate of drug-likeness (QED) is 0.841. The summed E-state index contributed by atoms with van der Waals surface area (Å²) in [6, 6.07) is 11.4. The van der Waals surface area contributed by atoms with Gasteiger partial charge in [-0.15, -0.1) is 13.2 Å². The molecule has 0 aliphatic heterocycles. The van der Waals surface area contributed by atoms with Gasteiger partial charge in [-0.25, -0.2) is 0 Å². The van der Waals surface area contributed by atoms with E-state index in [0.717, 1.165) is 12.8 Å². The van der Waals surface area contributed by atoms with Crippen molar-refractivity contribution >= 4 is 0 Å². The number of aliphatic hydroxyl groups excluding tert-OH is 1. The van der Waals surface area contributed by atoms with E-state index in [9.17, 15) is 18.3 Å². The molecule has 0 heterocycles. The van der Waals surface area contributed by atoms with Gasteiger partial charge in [0.05, 0.1) is 13.2 Å². The smallest absolute Gasteiger partial charge is 0.489 e. The van der Waals surface area contributed by atoms with E-state index in [1.165, 1.54) is 12.1 Å². The number of alkyl halides is 3. The fraction of sp³-hybridized carbons (Fsp3) is 0.333. The van der Waals surface area contributed by atoms with Crippen LogP contribution in [0, 0.1) is 5.92 Å². The van der Waals surface area contributed by atoms with Crippen molar-refractivity contribution in [3.63, 3.8) is 0 Å². The van der Waals surface area contributed by atoms with Crippen LogP contribution < -0.4 is 9.47 Å². The summed E-state index contributed by atoms with van der Waals surface area (Å²) in [4.78, 5) is 0. The van der Waals surface area contributed by atoms with Gasteiger partial charge in [-0.3, -0.25) is 0 Å². The highest BCUT2D eigenvalue weighted by molar-refractivity contribution is 5.67. The molecule has 0 bridgehead atoms. The van der Waals surface area contributed by atoms with Gasteiger partial charge in [0.25, 0.3) is 0 Å². The van der Waals surface area contributed by atoms with Crippen LogP contribution in [0.15, 0.2) is 42.5 Å². The van der Waals surface area contributed by atoms with Crippen LogP contribution in [0.2, 0.25) is 0 Å². The van der Waals surface area contributed by atoms with E-state index in [1.54, 1.807) is 30.3 Å². The fourth-order valence-corrected chi connectivity index (χ4v) is 2.35.